The molecule has 4 aromatic rings. The molecule has 0 spiro atoms. The number of unbranched alkanes of at least 4 members (excludes halogenated alkanes) is 2. The van der Waals surface area contributed by atoms with Gasteiger partial charge in [-0.1, -0.05) is 24.3 Å². The average molecular weight is 539 g/mol. The van der Waals surface area contributed by atoms with Crippen molar-refractivity contribution in [3.63, 3.8) is 0 Å². The lowest BCUT2D eigenvalue weighted by Crippen LogP contribution is -2.60. The number of aromatic nitrogens is 4. The van der Waals surface area contributed by atoms with Crippen molar-refractivity contribution in [3.05, 3.63) is 61.2 Å². The van der Waals surface area contributed by atoms with Gasteiger partial charge in [-0.25, -0.2) is 9.97 Å². The molecular weight excluding hydrogens is 500 g/mol. The van der Waals surface area contributed by atoms with Gasteiger partial charge in [-0.3, -0.25) is 0 Å². The second-order valence-electron chi connectivity index (χ2n) is 9.89. The summed E-state index contributed by atoms with van der Waals surface area (Å²) in [6.07, 6.45) is 3.28. The minimum atomic E-state index is -1.03. The molecule has 3 heterocycles. The van der Waals surface area contributed by atoms with Gasteiger partial charge in [0.1, 0.15) is 24.4 Å². The fourth-order valence-electron chi connectivity index (χ4n) is 5.18. The molecule has 1 fully saturated rings. The fourth-order valence-corrected chi connectivity index (χ4v) is 5.18. The molecule has 1 aliphatic heterocycles. The lowest BCUT2D eigenvalue weighted by Gasteiger charge is -2.43. The van der Waals surface area contributed by atoms with E-state index in [9.17, 15) is 10.2 Å². The quantitative estimate of drug-likeness (QED) is 0.236. The number of hydrogen-bond acceptors (Lipinski definition) is 8. The van der Waals surface area contributed by atoms with Crippen LogP contribution in [0.2, 0.25) is 0 Å². The maximum Gasteiger partial charge on any atom is 0.186 e. The molecule has 0 unspecified atom stereocenters. The molecular formula is C29H38N4O6. The normalized spacial score (nSPS) is 23.6. The Morgan fingerprint density at radius 1 is 0.795 bits per heavy atom. The smallest absolute Gasteiger partial charge is 0.186 e. The highest BCUT2D eigenvalue weighted by Crippen LogP contribution is 2.27. The second-order valence-corrected chi connectivity index (χ2v) is 9.89. The van der Waals surface area contributed by atoms with Gasteiger partial charge in [0.05, 0.1) is 41.3 Å². The first-order valence-electron chi connectivity index (χ1n) is 13.7. The number of nitrogens with zero attached hydrogens (tertiary/aromatic N) is 4. The van der Waals surface area contributed by atoms with E-state index in [4.69, 9.17) is 18.9 Å². The zero-order valence-electron chi connectivity index (χ0n) is 22.3. The van der Waals surface area contributed by atoms with Gasteiger partial charge in [-0.05, 0) is 49.9 Å². The van der Waals surface area contributed by atoms with Crippen LogP contribution in [0.4, 0.5) is 0 Å². The Balaban J connectivity index is 1.11. The highest BCUT2D eigenvalue weighted by Gasteiger charge is 2.46. The number of rotatable bonds is 14. The number of ether oxygens (including phenoxy) is 4. The molecule has 1 aliphatic rings. The molecule has 5 atom stereocenters. The SMILES string of the molecule is CO[C@H]1O[C@H](CO)[C@@H](O)[C@H](OCCCCn2cnc3ccccc32)[C@H]1OCCCCn1cnc2ccccc21. The summed E-state index contributed by atoms with van der Waals surface area (Å²) in [6.45, 7) is 2.23. The molecule has 10 heteroatoms. The molecule has 0 saturated carbocycles. The summed E-state index contributed by atoms with van der Waals surface area (Å²) in [4.78, 5) is 8.89. The second kappa shape index (κ2) is 13.5. The van der Waals surface area contributed by atoms with Crippen LogP contribution in [0.5, 0.6) is 0 Å². The number of imidazole rings is 2. The van der Waals surface area contributed by atoms with E-state index in [0.717, 1.165) is 60.8 Å². The Hall–Kier alpha value is -2.86. The predicted octanol–water partition coefficient (Wildman–Crippen LogP) is 3.14. The van der Waals surface area contributed by atoms with E-state index in [2.05, 4.69) is 31.2 Å². The molecule has 0 bridgehead atoms. The molecule has 2 aromatic carbocycles. The maximum atomic E-state index is 10.9. The number of hydrogen-bond donors (Lipinski definition) is 2. The van der Waals surface area contributed by atoms with Crippen LogP contribution < -0.4 is 0 Å². The maximum absolute atomic E-state index is 10.9. The summed E-state index contributed by atoms with van der Waals surface area (Å²) >= 11 is 0. The monoisotopic (exact) mass is 538 g/mol. The summed E-state index contributed by atoms with van der Waals surface area (Å²) in [6, 6.07) is 16.2. The van der Waals surface area contributed by atoms with Gasteiger partial charge in [-0.15, -0.1) is 0 Å². The largest absolute Gasteiger partial charge is 0.394 e. The number of aryl methyl sites for hydroxylation is 2. The van der Waals surface area contributed by atoms with Crippen molar-refractivity contribution in [2.75, 3.05) is 26.9 Å². The van der Waals surface area contributed by atoms with E-state index in [1.165, 1.54) is 7.11 Å². The van der Waals surface area contributed by atoms with E-state index in [0.29, 0.717) is 13.2 Å². The number of methoxy groups -OCH3 is 1. The van der Waals surface area contributed by atoms with Crippen LogP contribution in [0.1, 0.15) is 25.7 Å². The minimum absolute atomic E-state index is 0.333. The first-order valence-corrected chi connectivity index (χ1v) is 13.7. The third-order valence-electron chi connectivity index (χ3n) is 7.29. The Labute approximate surface area is 228 Å². The third-order valence-corrected chi connectivity index (χ3v) is 7.29. The molecule has 5 rings (SSSR count). The molecule has 39 heavy (non-hydrogen) atoms. The van der Waals surface area contributed by atoms with E-state index >= 15 is 0 Å². The van der Waals surface area contributed by atoms with Gasteiger partial charge in [0.15, 0.2) is 6.29 Å². The van der Waals surface area contributed by atoms with Crippen molar-refractivity contribution in [3.8, 4) is 0 Å². The van der Waals surface area contributed by atoms with E-state index < -0.39 is 30.7 Å². The van der Waals surface area contributed by atoms with Crippen LogP contribution in [0, 0.1) is 0 Å². The van der Waals surface area contributed by atoms with Crippen LogP contribution in [-0.2, 0) is 32.0 Å². The summed E-state index contributed by atoms with van der Waals surface area (Å²) < 4.78 is 27.9. The van der Waals surface area contributed by atoms with Crippen molar-refractivity contribution >= 4 is 22.1 Å². The van der Waals surface area contributed by atoms with Crippen LogP contribution in [0.25, 0.3) is 22.1 Å². The van der Waals surface area contributed by atoms with Gasteiger partial charge < -0.3 is 38.3 Å². The van der Waals surface area contributed by atoms with E-state index in [-0.39, 0.29) is 6.61 Å². The Morgan fingerprint density at radius 3 is 1.87 bits per heavy atom. The van der Waals surface area contributed by atoms with Crippen molar-refractivity contribution < 1.29 is 29.2 Å². The molecule has 2 N–H and O–H groups in total. The summed E-state index contributed by atoms with van der Waals surface area (Å²) in [5, 5.41) is 20.6. The number of benzene rings is 2. The first-order chi connectivity index (χ1) is 19.2. The van der Waals surface area contributed by atoms with Gasteiger partial charge in [0.2, 0.25) is 0 Å². The van der Waals surface area contributed by atoms with Gasteiger partial charge in [0.25, 0.3) is 0 Å². The lowest BCUT2D eigenvalue weighted by atomic mass is 9.98. The zero-order chi connectivity index (χ0) is 27.0. The van der Waals surface area contributed by atoms with Crippen molar-refractivity contribution in [2.24, 2.45) is 0 Å². The summed E-state index contributed by atoms with van der Waals surface area (Å²) in [7, 11) is 1.53. The molecule has 1 saturated heterocycles. The number of aliphatic hydroxyl groups is 2. The van der Waals surface area contributed by atoms with Crippen molar-refractivity contribution in [1.82, 2.24) is 19.1 Å². The molecule has 0 amide bonds. The third kappa shape index (κ3) is 6.49. The minimum Gasteiger partial charge on any atom is -0.394 e. The van der Waals surface area contributed by atoms with Crippen LogP contribution >= 0.6 is 0 Å². The summed E-state index contributed by atoms with van der Waals surface area (Å²) in [5.41, 5.74) is 4.20. The Morgan fingerprint density at radius 2 is 1.33 bits per heavy atom. The fraction of sp³-hybridized carbons (Fsp3) is 0.517. The average Bonchev–Trinajstić information content (AvgIpc) is 3.58. The topological polar surface area (TPSA) is 113 Å². The first kappa shape index (κ1) is 27.7. The van der Waals surface area contributed by atoms with Crippen molar-refractivity contribution in [2.45, 2.75) is 69.5 Å². The Bertz CT molecular complexity index is 1310. The predicted molar refractivity (Wildman–Crippen MR) is 146 cm³/mol. The lowest BCUT2D eigenvalue weighted by molar-refractivity contribution is -0.310. The zero-order valence-corrected chi connectivity index (χ0v) is 22.3. The molecule has 10 nitrogen and oxygen atoms in total. The molecule has 2 aromatic heterocycles. The van der Waals surface area contributed by atoms with Crippen LogP contribution in [0.15, 0.2) is 61.2 Å². The molecule has 0 radical (unpaired) electrons. The van der Waals surface area contributed by atoms with Gasteiger partial charge in [-0.2, -0.15) is 0 Å². The molecule has 210 valence electrons. The number of aliphatic hydroxyl groups excluding tert-OH is 2. The van der Waals surface area contributed by atoms with E-state index in [1.54, 1.807) is 0 Å². The Kier molecular flexibility index (Phi) is 9.57. The highest BCUT2D eigenvalue weighted by molar-refractivity contribution is 5.75. The molecule has 0 aliphatic carbocycles. The highest BCUT2D eigenvalue weighted by atomic mass is 16.7. The van der Waals surface area contributed by atoms with Crippen molar-refractivity contribution in [1.29, 1.82) is 0 Å². The standard InChI is InChI=1S/C29H38N4O6/c1-36-29-28(38-17-9-7-15-33-20-31-22-11-3-5-13-24(22)33)27(26(35)25(18-34)39-29)37-16-8-6-14-32-19-30-21-10-2-4-12-23(21)32/h2-5,10-13,19-20,25-29,34-35H,6-9,14-18H2,1H3/t25-,26-,27+,28-,29+/m1/s1. The summed E-state index contributed by atoms with van der Waals surface area (Å²) in [5.74, 6) is 0. The number of fused-ring (bicyclic) bond motifs is 2. The van der Waals surface area contributed by atoms with E-state index in [1.807, 2.05) is 49.1 Å². The van der Waals surface area contributed by atoms with Gasteiger partial charge >= 0.3 is 0 Å². The van der Waals surface area contributed by atoms with Gasteiger partial charge in [0, 0.05) is 33.4 Å². The van der Waals surface area contributed by atoms with Crippen LogP contribution in [0.3, 0.4) is 0 Å². The number of para-hydroxylation sites is 4. The van der Waals surface area contributed by atoms with Crippen LogP contribution in [-0.4, -0.2) is 87.0 Å².